The first-order valence-electron chi connectivity index (χ1n) is 6.67. The fraction of sp³-hybridized carbons (Fsp3) is 0.400. The van der Waals surface area contributed by atoms with Crippen LogP contribution in [0.4, 0.5) is 0 Å². The van der Waals surface area contributed by atoms with Crippen molar-refractivity contribution in [3.8, 4) is 0 Å². The quantitative estimate of drug-likeness (QED) is 0.625. The summed E-state index contributed by atoms with van der Waals surface area (Å²) in [4.78, 5) is 0. The van der Waals surface area contributed by atoms with Gasteiger partial charge in [-0.05, 0) is 60.2 Å². The van der Waals surface area contributed by atoms with Gasteiger partial charge in [0.2, 0.25) is 0 Å². The van der Waals surface area contributed by atoms with E-state index in [1.54, 1.807) is 0 Å². The number of hydrogen-bond acceptors (Lipinski definition) is 2. The maximum Gasteiger partial charge on any atom is 0.0659 e. The van der Waals surface area contributed by atoms with Gasteiger partial charge in [0.25, 0.3) is 0 Å². The minimum Gasteiger partial charge on any atom is -0.313 e. The van der Waals surface area contributed by atoms with Gasteiger partial charge in [-0.3, -0.25) is 4.68 Å². The van der Waals surface area contributed by atoms with Crippen LogP contribution >= 0.6 is 22.6 Å². The number of rotatable bonds is 6. The normalized spacial score (nSPS) is 10.9. The fourth-order valence-corrected chi connectivity index (χ4v) is 2.35. The van der Waals surface area contributed by atoms with Gasteiger partial charge in [-0.2, -0.15) is 5.10 Å². The van der Waals surface area contributed by atoms with Gasteiger partial charge in [-0.15, -0.1) is 0 Å². The molecular weight excluding hydrogens is 349 g/mol. The van der Waals surface area contributed by atoms with Gasteiger partial charge in [-0.25, -0.2) is 0 Å². The fourth-order valence-electron chi connectivity index (χ4n) is 1.99. The largest absolute Gasteiger partial charge is 0.313 e. The van der Waals surface area contributed by atoms with Crippen LogP contribution in [0.3, 0.4) is 0 Å². The highest BCUT2D eigenvalue weighted by Gasteiger charge is 2.04. The van der Waals surface area contributed by atoms with Crippen LogP contribution in [0.1, 0.15) is 30.2 Å². The molecule has 0 bridgehead atoms. The number of aryl methyl sites for hydroxylation is 1. The Morgan fingerprint density at radius 2 is 2.00 bits per heavy atom. The van der Waals surface area contributed by atoms with E-state index in [1.807, 2.05) is 4.68 Å². The van der Waals surface area contributed by atoms with E-state index in [2.05, 4.69) is 77.3 Å². The SMILES string of the molecule is CCCNCc1cn(Cc2ccc(I)cc2)nc1C. The molecule has 0 spiro atoms. The molecular formula is C15H20IN3. The Bertz CT molecular complexity index is 517. The van der Waals surface area contributed by atoms with Gasteiger partial charge >= 0.3 is 0 Å². The maximum atomic E-state index is 4.58. The molecule has 0 aliphatic rings. The molecule has 0 radical (unpaired) electrons. The van der Waals surface area contributed by atoms with Crippen molar-refractivity contribution in [2.24, 2.45) is 0 Å². The first-order valence-corrected chi connectivity index (χ1v) is 7.75. The molecule has 19 heavy (non-hydrogen) atoms. The highest BCUT2D eigenvalue weighted by molar-refractivity contribution is 14.1. The second-order valence-corrected chi connectivity index (χ2v) is 5.99. The van der Waals surface area contributed by atoms with Crippen LogP contribution in [0.5, 0.6) is 0 Å². The molecule has 102 valence electrons. The molecule has 1 aromatic heterocycles. The first kappa shape index (κ1) is 14.5. The minimum absolute atomic E-state index is 0.839. The summed E-state index contributed by atoms with van der Waals surface area (Å²) in [6.45, 7) is 7.06. The lowest BCUT2D eigenvalue weighted by Crippen LogP contribution is -2.13. The summed E-state index contributed by atoms with van der Waals surface area (Å²) in [5.74, 6) is 0. The highest BCUT2D eigenvalue weighted by atomic mass is 127. The van der Waals surface area contributed by atoms with Gasteiger partial charge < -0.3 is 5.32 Å². The predicted octanol–water partition coefficient (Wildman–Crippen LogP) is 3.34. The van der Waals surface area contributed by atoms with E-state index in [-0.39, 0.29) is 0 Å². The minimum atomic E-state index is 0.839. The van der Waals surface area contributed by atoms with E-state index in [0.29, 0.717) is 0 Å². The Labute approximate surface area is 128 Å². The van der Waals surface area contributed by atoms with Crippen LogP contribution in [-0.4, -0.2) is 16.3 Å². The Balaban J connectivity index is 2.01. The molecule has 0 unspecified atom stereocenters. The van der Waals surface area contributed by atoms with Crippen molar-refractivity contribution >= 4 is 22.6 Å². The third kappa shape index (κ3) is 4.31. The number of hydrogen-bond donors (Lipinski definition) is 1. The average molecular weight is 369 g/mol. The Kier molecular flexibility index (Phi) is 5.39. The first-order chi connectivity index (χ1) is 9.19. The van der Waals surface area contributed by atoms with Crippen LogP contribution in [0, 0.1) is 10.5 Å². The standard InChI is InChI=1S/C15H20IN3/c1-3-8-17-9-14-11-19(18-12(14)2)10-13-4-6-15(16)7-5-13/h4-7,11,17H,3,8-10H2,1-2H3. The third-order valence-corrected chi connectivity index (χ3v) is 3.77. The zero-order valence-electron chi connectivity index (χ0n) is 11.5. The second kappa shape index (κ2) is 7.05. The summed E-state index contributed by atoms with van der Waals surface area (Å²) >= 11 is 2.32. The number of halogens is 1. The van der Waals surface area contributed by atoms with Crippen molar-refractivity contribution in [2.75, 3.05) is 6.54 Å². The van der Waals surface area contributed by atoms with Crippen molar-refractivity contribution in [3.63, 3.8) is 0 Å². The molecule has 0 aliphatic carbocycles. The Morgan fingerprint density at radius 3 is 2.68 bits per heavy atom. The molecule has 0 atom stereocenters. The van der Waals surface area contributed by atoms with Gasteiger partial charge in [0.15, 0.2) is 0 Å². The maximum absolute atomic E-state index is 4.58. The zero-order valence-corrected chi connectivity index (χ0v) is 13.6. The van der Waals surface area contributed by atoms with Crippen molar-refractivity contribution in [1.82, 2.24) is 15.1 Å². The Morgan fingerprint density at radius 1 is 1.26 bits per heavy atom. The number of nitrogens with zero attached hydrogens (tertiary/aromatic N) is 2. The number of aromatic nitrogens is 2. The van der Waals surface area contributed by atoms with Crippen LogP contribution in [0.2, 0.25) is 0 Å². The highest BCUT2D eigenvalue weighted by Crippen LogP contribution is 2.10. The van der Waals surface area contributed by atoms with E-state index < -0.39 is 0 Å². The van der Waals surface area contributed by atoms with E-state index in [1.165, 1.54) is 14.7 Å². The van der Waals surface area contributed by atoms with Gasteiger partial charge in [0, 0.05) is 21.9 Å². The molecule has 0 amide bonds. The summed E-state index contributed by atoms with van der Waals surface area (Å²) in [5.41, 5.74) is 3.70. The topological polar surface area (TPSA) is 29.9 Å². The molecule has 2 rings (SSSR count). The van der Waals surface area contributed by atoms with Crippen LogP contribution in [-0.2, 0) is 13.1 Å². The second-order valence-electron chi connectivity index (χ2n) is 4.74. The molecule has 3 nitrogen and oxygen atoms in total. The molecule has 0 saturated carbocycles. The van der Waals surface area contributed by atoms with Crippen molar-refractivity contribution in [2.45, 2.75) is 33.4 Å². The van der Waals surface area contributed by atoms with Crippen LogP contribution in [0.25, 0.3) is 0 Å². The lowest BCUT2D eigenvalue weighted by atomic mass is 10.2. The molecule has 0 fully saturated rings. The molecule has 0 aliphatic heterocycles. The molecule has 1 heterocycles. The van der Waals surface area contributed by atoms with E-state index in [9.17, 15) is 0 Å². The molecule has 1 aromatic carbocycles. The molecule has 2 aromatic rings. The monoisotopic (exact) mass is 369 g/mol. The summed E-state index contributed by atoms with van der Waals surface area (Å²) in [6.07, 6.45) is 3.31. The van der Waals surface area contributed by atoms with Crippen molar-refractivity contribution < 1.29 is 0 Å². The molecule has 1 N–H and O–H groups in total. The predicted molar refractivity (Wildman–Crippen MR) is 87.2 cm³/mol. The lowest BCUT2D eigenvalue weighted by Gasteiger charge is -2.02. The Hall–Kier alpha value is -0.880. The van der Waals surface area contributed by atoms with E-state index in [0.717, 1.165) is 31.7 Å². The summed E-state index contributed by atoms with van der Waals surface area (Å²) in [5, 5.41) is 8.00. The molecule has 4 heteroatoms. The number of benzene rings is 1. The summed E-state index contributed by atoms with van der Waals surface area (Å²) in [7, 11) is 0. The van der Waals surface area contributed by atoms with Gasteiger partial charge in [0.05, 0.1) is 12.2 Å². The van der Waals surface area contributed by atoms with Crippen LogP contribution < -0.4 is 5.32 Å². The lowest BCUT2D eigenvalue weighted by molar-refractivity contribution is 0.668. The van der Waals surface area contributed by atoms with Crippen molar-refractivity contribution in [3.05, 3.63) is 50.9 Å². The third-order valence-electron chi connectivity index (χ3n) is 3.05. The summed E-state index contributed by atoms with van der Waals surface area (Å²) < 4.78 is 3.29. The van der Waals surface area contributed by atoms with Crippen molar-refractivity contribution in [1.29, 1.82) is 0 Å². The number of nitrogens with one attached hydrogen (secondary N) is 1. The molecule has 0 saturated heterocycles. The smallest absolute Gasteiger partial charge is 0.0659 e. The van der Waals surface area contributed by atoms with E-state index in [4.69, 9.17) is 0 Å². The zero-order chi connectivity index (χ0) is 13.7. The van der Waals surface area contributed by atoms with Gasteiger partial charge in [0.1, 0.15) is 0 Å². The van der Waals surface area contributed by atoms with Gasteiger partial charge in [-0.1, -0.05) is 19.1 Å². The summed E-state index contributed by atoms with van der Waals surface area (Å²) in [6, 6.07) is 8.59. The average Bonchev–Trinajstić information content (AvgIpc) is 2.73. The van der Waals surface area contributed by atoms with E-state index >= 15 is 0 Å². The van der Waals surface area contributed by atoms with Crippen LogP contribution in [0.15, 0.2) is 30.5 Å².